The van der Waals surface area contributed by atoms with Crippen molar-refractivity contribution in [2.24, 2.45) is 5.92 Å². The first-order valence-electron chi connectivity index (χ1n) is 8.97. The molecule has 0 atom stereocenters. The summed E-state index contributed by atoms with van der Waals surface area (Å²) < 4.78 is 62.6. The quantitative estimate of drug-likeness (QED) is 0.736. The minimum Gasteiger partial charge on any atom is -0.447 e. The molecule has 2 amide bonds. The van der Waals surface area contributed by atoms with Crippen LogP contribution < -0.4 is 5.32 Å². The Hall–Kier alpha value is -2.07. The zero-order valence-corrected chi connectivity index (χ0v) is 15.8. The van der Waals surface area contributed by atoms with Crippen LogP contribution in [0.25, 0.3) is 0 Å². The van der Waals surface area contributed by atoms with Gasteiger partial charge in [0.25, 0.3) is 0 Å². The maximum atomic E-state index is 14.1. The smallest absolute Gasteiger partial charge is 0.417 e. The second-order valence-electron chi connectivity index (χ2n) is 7.66. The number of benzene rings is 1. The lowest BCUT2D eigenvalue weighted by Gasteiger charge is -2.47. The van der Waals surface area contributed by atoms with Crippen LogP contribution in [-0.2, 0) is 27.1 Å². The first-order chi connectivity index (χ1) is 13.6. The Morgan fingerprint density at radius 1 is 1.34 bits per heavy atom. The van der Waals surface area contributed by atoms with Crippen LogP contribution >= 0.6 is 11.6 Å². The van der Waals surface area contributed by atoms with Crippen LogP contribution in [-0.4, -0.2) is 48.2 Å². The summed E-state index contributed by atoms with van der Waals surface area (Å²) in [7, 11) is 0. The molecule has 1 N–H and O–H groups in total. The Morgan fingerprint density at radius 3 is 2.62 bits per heavy atom. The number of carbonyl (C=O) groups is 2. The zero-order chi connectivity index (χ0) is 21.0. The Labute approximate surface area is 168 Å². The highest BCUT2D eigenvalue weighted by Crippen LogP contribution is 2.42. The molecule has 1 aromatic carbocycles. The first kappa shape index (κ1) is 20.2. The van der Waals surface area contributed by atoms with Gasteiger partial charge in [0.2, 0.25) is 5.91 Å². The summed E-state index contributed by atoms with van der Waals surface area (Å²) in [5.41, 5.74) is -1.74. The molecule has 158 valence electrons. The van der Waals surface area contributed by atoms with E-state index in [1.807, 2.05) is 0 Å². The monoisotopic (exact) mass is 436 g/mol. The summed E-state index contributed by atoms with van der Waals surface area (Å²) in [4.78, 5) is 25.2. The second-order valence-corrected chi connectivity index (χ2v) is 8.04. The Balaban J connectivity index is 1.24. The first-order valence-corrected chi connectivity index (χ1v) is 9.35. The maximum absolute atomic E-state index is 14.1. The van der Waals surface area contributed by atoms with Gasteiger partial charge in [-0.05, 0) is 18.9 Å². The summed E-state index contributed by atoms with van der Waals surface area (Å²) in [6.07, 6.45) is -4.49. The summed E-state index contributed by atoms with van der Waals surface area (Å²) in [5.74, 6) is -1.39. The Morgan fingerprint density at radius 2 is 2.03 bits per heavy atom. The van der Waals surface area contributed by atoms with Gasteiger partial charge in [0.1, 0.15) is 12.4 Å². The third-order valence-electron chi connectivity index (χ3n) is 5.57. The van der Waals surface area contributed by atoms with Gasteiger partial charge < -0.3 is 19.7 Å². The van der Waals surface area contributed by atoms with E-state index in [1.54, 1.807) is 4.90 Å². The van der Waals surface area contributed by atoms with Crippen molar-refractivity contribution in [3.05, 3.63) is 34.1 Å². The van der Waals surface area contributed by atoms with Crippen molar-refractivity contribution in [3.63, 3.8) is 0 Å². The number of hydrogen-bond acceptors (Lipinski definition) is 4. The summed E-state index contributed by atoms with van der Waals surface area (Å²) in [6.45, 7) is 0.664. The predicted octanol–water partition coefficient (Wildman–Crippen LogP) is 3.11. The fourth-order valence-corrected chi connectivity index (χ4v) is 4.17. The van der Waals surface area contributed by atoms with Gasteiger partial charge in [0.05, 0.1) is 28.8 Å². The van der Waals surface area contributed by atoms with E-state index in [-0.39, 0.29) is 36.7 Å². The number of rotatable bonds is 4. The molecule has 4 rings (SSSR count). The van der Waals surface area contributed by atoms with Gasteiger partial charge in [0.15, 0.2) is 0 Å². The molecule has 2 saturated heterocycles. The second kappa shape index (κ2) is 7.02. The number of alkyl carbamates (subject to hydrolysis) is 1. The van der Waals surface area contributed by atoms with Gasteiger partial charge in [-0.15, -0.1) is 0 Å². The molecule has 2 heterocycles. The highest BCUT2D eigenvalue weighted by Gasteiger charge is 2.54. The van der Waals surface area contributed by atoms with Crippen molar-refractivity contribution in [3.8, 4) is 0 Å². The SMILES string of the molecule is O=C1N[C@]2(CO1)C[C@@H](C(=O)N1CC(OCc3ccc(C(F)(F)F)c(Cl)c3F)C1)C2. The normalized spacial score (nSPS) is 26.7. The molecule has 1 saturated carbocycles. The molecule has 0 bridgehead atoms. The number of nitrogens with zero attached hydrogens (tertiary/aromatic N) is 1. The number of alkyl halides is 3. The minimum atomic E-state index is -4.74. The molecule has 2 aliphatic heterocycles. The van der Waals surface area contributed by atoms with E-state index in [2.05, 4.69) is 5.32 Å². The largest absolute Gasteiger partial charge is 0.447 e. The fraction of sp³-hybridized carbons (Fsp3) is 0.556. The van der Waals surface area contributed by atoms with Gasteiger partial charge in [-0.3, -0.25) is 4.79 Å². The summed E-state index contributed by atoms with van der Waals surface area (Å²) in [5, 5.41) is 1.74. The lowest BCUT2D eigenvalue weighted by atomic mass is 9.68. The van der Waals surface area contributed by atoms with Crippen LogP contribution in [0.3, 0.4) is 0 Å². The zero-order valence-electron chi connectivity index (χ0n) is 15.0. The molecule has 0 aromatic heterocycles. The van der Waals surface area contributed by atoms with Gasteiger partial charge in [-0.25, -0.2) is 9.18 Å². The van der Waals surface area contributed by atoms with Crippen LogP contribution in [0.2, 0.25) is 5.02 Å². The lowest BCUT2D eigenvalue weighted by Crippen LogP contribution is -2.62. The number of cyclic esters (lactones) is 1. The van der Waals surface area contributed by atoms with E-state index >= 15 is 0 Å². The highest BCUT2D eigenvalue weighted by atomic mass is 35.5. The molecule has 1 aromatic rings. The van der Waals surface area contributed by atoms with Crippen molar-refractivity contribution in [2.45, 2.75) is 37.3 Å². The lowest BCUT2D eigenvalue weighted by molar-refractivity contribution is -0.155. The van der Waals surface area contributed by atoms with Crippen molar-refractivity contribution >= 4 is 23.6 Å². The average Bonchev–Trinajstić information content (AvgIpc) is 2.96. The molecule has 1 spiro atoms. The van der Waals surface area contributed by atoms with Crippen molar-refractivity contribution in [2.75, 3.05) is 19.7 Å². The van der Waals surface area contributed by atoms with Crippen LogP contribution in [0.15, 0.2) is 12.1 Å². The highest BCUT2D eigenvalue weighted by molar-refractivity contribution is 6.31. The summed E-state index contributed by atoms with van der Waals surface area (Å²) >= 11 is 5.49. The average molecular weight is 437 g/mol. The fourth-order valence-electron chi connectivity index (χ4n) is 3.88. The van der Waals surface area contributed by atoms with E-state index < -0.39 is 34.2 Å². The van der Waals surface area contributed by atoms with E-state index in [9.17, 15) is 27.2 Å². The van der Waals surface area contributed by atoms with Crippen LogP contribution in [0, 0.1) is 11.7 Å². The van der Waals surface area contributed by atoms with E-state index in [4.69, 9.17) is 21.1 Å². The van der Waals surface area contributed by atoms with Gasteiger partial charge in [-0.2, -0.15) is 13.2 Å². The molecular weight excluding hydrogens is 420 g/mol. The number of amides is 2. The van der Waals surface area contributed by atoms with E-state index in [0.717, 1.165) is 12.1 Å². The molecule has 6 nitrogen and oxygen atoms in total. The molecule has 11 heteroatoms. The number of ether oxygens (including phenoxy) is 2. The molecule has 3 aliphatic rings. The third kappa shape index (κ3) is 3.75. The molecular formula is C18H17ClF4N2O4. The van der Waals surface area contributed by atoms with Crippen LogP contribution in [0.5, 0.6) is 0 Å². The molecule has 0 radical (unpaired) electrons. The number of likely N-dealkylation sites (tertiary alicyclic amines) is 1. The van der Waals surface area contributed by atoms with Crippen molar-refractivity contribution in [1.82, 2.24) is 10.2 Å². The molecule has 3 fully saturated rings. The van der Waals surface area contributed by atoms with Crippen molar-refractivity contribution < 1.29 is 36.6 Å². The number of hydrogen-bond donors (Lipinski definition) is 1. The van der Waals surface area contributed by atoms with Gasteiger partial charge in [0, 0.05) is 24.6 Å². The van der Waals surface area contributed by atoms with Gasteiger partial charge in [-0.1, -0.05) is 17.7 Å². The number of halogens is 5. The molecule has 0 unspecified atom stereocenters. The molecule has 1 aliphatic carbocycles. The van der Waals surface area contributed by atoms with E-state index in [1.165, 1.54) is 0 Å². The predicted molar refractivity (Wildman–Crippen MR) is 91.5 cm³/mol. The Bertz CT molecular complexity index is 851. The van der Waals surface area contributed by atoms with Crippen LogP contribution in [0.4, 0.5) is 22.4 Å². The third-order valence-corrected chi connectivity index (χ3v) is 5.94. The minimum absolute atomic E-state index is 0.0413. The van der Waals surface area contributed by atoms with Crippen LogP contribution in [0.1, 0.15) is 24.0 Å². The Kier molecular flexibility index (Phi) is 4.89. The van der Waals surface area contributed by atoms with Crippen molar-refractivity contribution in [1.29, 1.82) is 0 Å². The topological polar surface area (TPSA) is 67.9 Å². The standard InChI is InChI=1S/C18H17ClF4N2O4/c19-13-12(18(21,22)23)2-1-9(14(13)20)7-28-11-5-25(6-11)15(26)10-3-17(4-10)8-29-16(27)24-17/h1-2,10-11H,3-8H2,(H,24,27)/t10-,17-. The molecule has 29 heavy (non-hydrogen) atoms. The maximum Gasteiger partial charge on any atom is 0.417 e. The van der Waals surface area contributed by atoms with Gasteiger partial charge >= 0.3 is 12.3 Å². The summed E-state index contributed by atoms with van der Waals surface area (Å²) in [6, 6.07) is 1.72. The van der Waals surface area contributed by atoms with E-state index in [0.29, 0.717) is 25.9 Å². The number of nitrogens with one attached hydrogen (secondary N) is 1. The number of carbonyl (C=O) groups excluding carboxylic acids is 2.